The van der Waals surface area contributed by atoms with Gasteiger partial charge in [0.05, 0.1) is 25.6 Å². The Hall–Kier alpha value is -4.16. The Morgan fingerprint density at radius 2 is 1.90 bits per heavy atom. The smallest absolute Gasteiger partial charge is 0.415 e. The number of likely N-dealkylation sites (tertiary alicyclic amines) is 1. The number of quaternary nitrogens is 1. The maximum absolute atomic E-state index is 13.4. The van der Waals surface area contributed by atoms with Gasteiger partial charge in [-0.25, -0.2) is 4.79 Å². The molecule has 5 aliphatic rings. The third kappa shape index (κ3) is 5.29. The lowest BCUT2D eigenvalue weighted by Gasteiger charge is -2.64. The van der Waals surface area contributed by atoms with Gasteiger partial charge in [0.15, 0.2) is 23.4 Å². The molecule has 0 aromatic heterocycles. The van der Waals surface area contributed by atoms with Gasteiger partial charge < -0.3 is 39.7 Å². The van der Waals surface area contributed by atoms with E-state index in [1.807, 2.05) is 6.07 Å². The molecule has 12 heteroatoms. The Morgan fingerprint density at radius 1 is 1.15 bits per heavy atom. The van der Waals surface area contributed by atoms with Crippen molar-refractivity contribution in [2.75, 3.05) is 40.3 Å². The van der Waals surface area contributed by atoms with Gasteiger partial charge in [-0.1, -0.05) is 18.2 Å². The van der Waals surface area contributed by atoms with Gasteiger partial charge in [-0.2, -0.15) is 0 Å². The summed E-state index contributed by atoms with van der Waals surface area (Å²) < 4.78 is 13.1. The monoisotopic (exact) mass is 661 g/mol. The minimum atomic E-state index is -1.10. The van der Waals surface area contributed by atoms with E-state index >= 15 is 0 Å². The summed E-state index contributed by atoms with van der Waals surface area (Å²) in [5.41, 5.74) is 0.683. The lowest BCUT2D eigenvalue weighted by atomic mass is 9.48. The van der Waals surface area contributed by atoms with Gasteiger partial charge in [0, 0.05) is 64.2 Å². The second-order valence-corrected chi connectivity index (χ2v) is 14.8. The maximum Gasteiger partial charge on any atom is 0.415 e. The average Bonchev–Trinajstić information content (AvgIpc) is 3.77. The van der Waals surface area contributed by atoms with Crippen molar-refractivity contribution in [1.29, 1.82) is 0 Å². The molecule has 3 fully saturated rings. The molecule has 2 heterocycles. The van der Waals surface area contributed by atoms with E-state index in [1.54, 1.807) is 25.2 Å². The van der Waals surface area contributed by atoms with Crippen LogP contribution in [0, 0.1) is 5.92 Å². The molecule has 2 aromatic carbocycles. The predicted octanol–water partition coefficient (Wildman–Crippen LogP) is 1.96. The summed E-state index contributed by atoms with van der Waals surface area (Å²) in [6, 6.07) is 9.21. The van der Waals surface area contributed by atoms with E-state index in [-0.39, 0.29) is 55.2 Å². The standard InChI is InChI=1S/C36H44N4O8/c1-21(41)38-26(18-22-6-9-25(42)10-7-22)33(44)37-15-16-39(2)34(45)47-28-11-8-24-19-29-36(46)13-12-27(43)32-35(36,30(24)31(28)48-32)14-17-40(29,3)20-23-4-5-23/h6-11,23,26,29,32,46H,4-5,12-20H2,1-3H3,(H2-,37,38,41,42,44)/p+1/t26-,29-,32-,35-,36+,40?/m0/s1. The van der Waals surface area contributed by atoms with Crippen molar-refractivity contribution < 1.29 is 43.3 Å². The summed E-state index contributed by atoms with van der Waals surface area (Å²) in [5.74, 6) is 0.609. The highest BCUT2D eigenvalue weighted by molar-refractivity contribution is 5.90. The van der Waals surface area contributed by atoms with Crippen molar-refractivity contribution in [1.82, 2.24) is 15.5 Å². The van der Waals surface area contributed by atoms with Crippen LogP contribution in [0.2, 0.25) is 0 Å². The number of piperidine rings is 1. The van der Waals surface area contributed by atoms with Crippen LogP contribution in [0.1, 0.15) is 55.7 Å². The van der Waals surface area contributed by atoms with Crippen LogP contribution >= 0.6 is 0 Å². The van der Waals surface area contributed by atoms with Crippen molar-refractivity contribution in [2.24, 2.45) is 5.92 Å². The number of nitrogens with zero attached hydrogens (tertiary/aromatic N) is 2. The zero-order valence-electron chi connectivity index (χ0n) is 27.8. The van der Waals surface area contributed by atoms with Crippen molar-refractivity contribution in [2.45, 2.75) is 81.1 Å². The molecule has 3 amide bonds. The third-order valence-corrected chi connectivity index (χ3v) is 11.6. The number of aliphatic hydroxyl groups is 1. The molecule has 2 aliphatic heterocycles. The van der Waals surface area contributed by atoms with E-state index < -0.39 is 35.2 Å². The first-order chi connectivity index (χ1) is 22.8. The highest BCUT2D eigenvalue weighted by Gasteiger charge is 2.76. The van der Waals surface area contributed by atoms with Crippen LogP contribution in [-0.4, -0.2) is 107 Å². The van der Waals surface area contributed by atoms with Gasteiger partial charge in [0.25, 0.3) is 0 Å². The van der Waals surface area contributed by atoms with Crippen LogP contribution in [0.15, 0.2) is 36.4 Å². The van der Waals surface area contributed by atoms with Crippen molar-refractivity contribution in [3.63, 3.8) is 0 Å². The van der Waals surface area contributed by atoms with Gasteiger partial charge in [-0.15, -0.1) is 0 Å². The number of phenols is 1. The van der Waals surface area contributed by atoms with Crippen molar-refractivity contribution >= 4 is 23.7 Å². The number of likely N-dealkylation sites (N-methyl/N-ethyl adjacent to an activating group) is 2. The summed E-state index contributed by atoms with van der Waals surface area (Å²) >= 11 is 0. The Kier molecular flexibility index (Phi) is 7.94. The molecule has 48 heavy (non-hydrogen) atoms. The van der Waals surface area contributed by atoms with Gasteiger partial charge in [0.1, 0.15) is 23.4 Å². The minimum absolute atomic E-state index is 0.0196. The summed E-state index contributed by atoms with van der Waals surface area (Å²) in [4.78, 5) is 52.8. The Labute approximate surface area is 280 Å². The third-order valence-electron chi connectivity index (χ3n) is 11.6. The minimum Gasteiger partial charge on any atom is -0.508 e. The number of nitrogens with one attached hydrogen (secondary N) is 2. The number of amides is 3. The molecular formula is C36H45N4O8+. The number of hydrogen-bond acceptors (Lipinski definition) is 8. The average molecular weight is 662 g/mol. The molecule has 2 aromatic rings. The number of rotatable bonds is 10. The second-order valence-electron chi connectivity index (χ2n) is 14.8. The summed E-state index contributed by atoms with van der Waals surface area (Å²) in [6.07, 6.45) is 3.20. The molecule has 4 N–H and O–H groups in total. The summed E-state index contributed by atoms with van der Waals surface area (Å²) in [7, 11) is 3.82. The highest BCUT2D eigenvalue weighted by atomic mass is 16.6. The fourth-order valence-electron chi connectivity index (χ4n) is 9.06. The van der Waals surface area contributed by atoms with Crippen LogP contribution in [0.3, 0.4) is 0 Å². The number of ketones is 1. The first-order valence-electron chi connectivity index (χ1n) is 17.0. The number of carbonyl (C=O) groups is 4. The molecule has 7 rings (SSSR count). The van der Waals surface area contributed by atoms with E-state index in [9.17, 15) is 29.4 Å². The normalized spacial score (nSPS) is 30.0. The molecule has 3 aliphatic carbocycles. The fourth-order valence-corrected chi connectivity index (χ4v) is 9.06. The zero-order chi connectivity index (χ0) is 34.0. The number of ether oxygens (including phenoxy) is 2. The van der Waals surface area contributed by atoms with Gasteiger partial charge in [-0.05, 0) is 48.6 Å². The van der Waals surface area contributed by atoms with Crippen LogP contribution in [0.4, 0.5) is 4.79 Å². The predicted molar refractivity (Wildman–Crippen MR) is 174 cm³/mol. The van der Waals surface area contributed by atoms with E-state index in [1.165, 1.54) is 36.8 Å². The first kappa shape index (κ1) is 32.4. The van der Waals surface area contributed by atoms with E-state index in [4.69, 9.17) is 9.47 Å². The summed E-state index contributed by atoms with van der Waals surface area (Å²) in [6.45, 7) is 3.46. The Bertz CT molecular complexity index is 1660. The second kappa shape index (κ2) is 11.8. The quantitative estimate of drug-likeness (QED) is 0.282. The van der Waals surface area contributed by atoms with Gasteiger partial charge in [0.2, 0.25) is 11.8 Å². The largest absolute Gasteiger partial charge is 0.508 e. The molecule has 1 spiro atoms. The lowest BCUT2D eigenvalue weighted by molar-refractivity contribution is -0.950. The fraction of sp³-hybridized carbons (Fsp3) is 0.556. The Balaban J connectivity index is 1.04. The zero-order valence-corrected chi connectivity index (χ0v) is 27.8. The molecular weight excluding hydrogens is 616 g/mol. The lowest BCUT2D eigenvalue weighted by Crippen LogP contribution is -2.80. The first-order valence-corrected chi connectivity index (χ1v) is 17.0. The number of Topliss-reactive ketones (excluding diaryl/α,β-unsaturated/α-hetero) is 1. The van der Waals surface area contributed by atoms with Gasteiger partial charge in [-0.3, -0.25) is 14.4 Å². The van der Waals surface area contributed by atoms with Gasteiger partial charge >= 0.3 is 6.09 Å². The summed E-state index contributed by atoms with van der Waals surface area (Å²) in [5, 5.41) is 27.6. The van der Waals surface area contributed by atoms with Crippen molar-refractivity contribution in [3.05, 3.63) is 53.1 Å². The van der Waals surface area contributed by atoms with Crippen LogP contribution < -0.4 is 20.1 Å². The molecule has 6 atom stereocenters. The van der Waals surface area contributed by atoms with Crippen LogP contribution in [0.25, 0.3) is 0 Å². The number of benzene rings is 2. The van der Waals surface area contributed by atoms with E-state index in [0.717, 1.165) is 34.3 Å². The van der Waals surface area contributed by atoms with E-state index in [2.05, 4.69) is 17.7 Å². The molecule has 0 radical (unpaired) electrons. The molecule has 1 unspecified atom stereocenters. The molecule has 2 bridgehead atoms. The Morgan fingerprint density at radius 3 is 2.60 bits per heavy atom. The van der Waals surface area contributed by atoms with E-state index in [0.29, 0.717) is 30.9 Å². The van der Waals surface area contributed by atoms with Crippen LogP contribution in [0.5, 0.6) is 17.2 Å². The highest BCUT2D eigenvalue weighted by Crippen LogP contribution is 2.66. The molecule has 2 saturated carbocycles. The topological polar surface area (TPSA) is 154 Å². The maximum atomic E-state index is 13.4. The molecule has 12 nitrogen and oxygen atoms in total. The molecule has 256 valence electrons. The number of hydrogen-bond donors (Lipinski definition) is 4. The number of aromatic hydroxyl groups is 1. The van der Waals surface area contributed by atoms with Crippen LogP contribution in [-0.2, 0) is 32.6 Å². The number of carbonyl (C=O) groups excluding carboxylic acids is 4. The molecule has 1 saturated heterocycles. The van der Waals surface area contributed by atoms with Crippen molar-refractivity contribution in [3.8, 4) is 17.2 Å². The number of phenolic OH excluding ortho intramolecular Hbond substituents is 1. The SMILES string of the molecule is CC(=O)N[C@@H](Cc1ccc(O)cc1)C(=O)NCCN(C)C(=O)Oc1ccc2c3c1O[C@H]1C(=O)CC[C@@]4(O)[C@H](C2)[N+](C)(CC2CC2)CC[C@]314.